The Morgan fingerprint density at radius 1 is 1.16 bits per heavy atom. The van der Waals surface area contributed by atoms with E-state index in [0.717, 1.165) is 24.3 Å². The Morgan fingerprint density at radius 2 is 1.79 bits per heavy atom. The summed E-state index contributed by atoms with van der Waals surface area (Å²) in [5.74, 6) is -2.75. The lowest BCUT2D eigenvalue weighted by molar-refractivity contribution is 0.0695. The van der Waals surface area contributed by atoms with Crippen LogP contribution < -0.4 is 5.56 Å². The van der Waals surface area contributed by atoms with Gasteiger partial charge in [0, 0.05) is 18.2 Å². The number of H-pyrrole nitrogens is 1. The minimum atomic E-state index is -1.33. The quantitative estimate of drug-likeness (QED) is 0.891. The molecule has 0 amide bonds. The molecule has 0 radical (unpaired) electrons. The lowest BCUT2D eigenvalue weighted by Crippen LogP contribution is -2.18. The number of pyridine rings is 1. The lowest BCUT2D eigenvalue weighted by Gasteiger charge is -2.03. The molecule has 2 rings (SSSR count). The molecule has 0 atom stereocenters. The molecule has 1 aromatic carbocycles. The van der Waals surface area contributed by atoms with Gasteiger partial charge in [-0.3, -0.25) is 4.79 Å². The molecular formula is C13H9F2NO3. The average molecular weight is 265 g/mol. The molecule has 6 heteroatoms. The van der Waals surface area contributed by atoms with Crippen molar-refractivity contribution in [2.45, 2.75) is 6.42 Å². The molecule has 0 aliphatic heterocycles. The average Bonchev–Trinajstić information content (AvgIpc) is 2.26. The molecule has 1 aromatic heterocycles. The van der Waals surface area contributed by atoms with Crippen LogP contribution in [0.5, 0.6) is 0 Å². The zero-order valence-corrected chi connectivity index (χ0v) is 9.61. The van der Waals surface area contributed by atoms with Crippen molar-refractivity contribution in [1.82, 2.24) is 4.98 Å². The predicted octanol–water partition coefficient (Wildman–Crippen LogP) is 1.94. The van der Waals surface area contributed by atoms with E-state index in [1.165, 1.54) is 6.07 Å². The summed E-state index contributed by atoms with van der Waals surface area (Å²) in [6, 6.07) is 5.60. The summed E-state index contributed by atoms with van der Waals surface area (Å²) in [7, 11) is 0. The van der Waals surface area contributed by atoms with Crippen molar-refractivity contribution < 1.29 is 18.7 Å². The van der Waals surface area contributed by atoms with Crippen LogP contribution in [0.2, 0.25) is 0 Å². The maximum atomic E-state index is 13.0. The van der Waals surface area contributed by atoms with Crippen LogP contribution in [0, 0.1) is 11.6 Å². The third-order valence-corrected chi connectivity index (χ3v) is 2.52. The number of nitrogens with one attached hydrogen (secondary N) is 1. The highest BCUT2D eigenvalue weighted by Gasteiger charge is 2.09. The minimum absolute atomic E-state index is 0.101. The molecule has 4 nitrogen and oxygen atoms in total. The first-order valence-electron chi connectivity index (χ1n) is 5.36. The Hall–Kier alpha value is -2.50. The summed E-state index contributed by atoms with van der Waals surface area (Å²) in [4.78, 5) is 24.4. The van der Waals surface area contributed by atoms with Gasteiger partial charge in [0.05, 0.1) is 0 Å². The van der Waals surface area contributed by atoms with Crippen molar-refractivity contribution in [3.63, 3.8) is 0 Å². The number of hydrogen-bond acceptors (Lipinski definition) is 2. The van der Waals surface area contributed by atoms with Crippen LogP contribution >= 0.6 is 0 Å². The second-order valence-corrected chi connectivity index (χ2v) is 3.99. The highest BCUT2D eigenvalue weighted by Crippen LogP contribution is 2.11. The Morgan fingerprint density at radius 3 is 2.32 bits per heavy atom. The first kappa shape index (κ1) is 12.9. The number of carboxylic acids is 1. The van der Waals surface area contributed by atoms with E-state index in [0.29, 0.717) is 11.3 Å². The van der Waals surface area contributed by atoms with Crippen LogP contribution in [0.1, 0.15) is 21.6 Å². The molecule has 1 heterocycles. The molecule has 0 bridgehead atoms. The molecule has 0 aliphatic rings. The highest BCUT2D eigenvalue weighted by molar-refractivity contribution is 5.86. The number of aromatic carboxylic acids is 1. The van der Waals surface area contributed by atoms with E-state index < -0.39 is 23.2 Å². The summed E-state index contributed by atoms with van der Waals surface area (Å²) < 4.78 is 26.0. The van der Waals surface area contributed by atoms with Gasteiger partial charge < -0.3 is 10.1 Å². The fourth-order valence-corrected chi connectivity index (χ4v) is 1.72. The normalized spacial score (nSPS) is 10.4. The molecule has 0 aliphatic carbocycles. The van der Waals surface area contributed by atoms with Gasteiger partial charge in [-0.15, -0.1) is 0 Å². The molecule has 2 aromatic rings. The Bertz CT molecular complexity index is 674. The summed E-state index contributed by atoms with van der Waals surface area (Å²) in [6.07, 6.45) is 0.101. The third-order valence-electron chi connectivity index (χ3n) is 2.52. The van der Waals surface area contributed by atoms with Crippen LogP contribution in [-0.4, -0.2) is 16.1 Å². The first-order valence-corrected chi connectivity index (χ1v) is 5.36. The number of carbonyl (C=O) groups is 1. The monoisotopic (exact) mass is 265 g/mol. The fourth-order valence-electron chi connectivity index (χ4n) is 1.72. The summed E-state index contributed by atoms with van der Waals surface area (Å²) in [5, 5.41) is 8.70. The Balaban J connectivity index is 2.31. The van der Waals surface area contributed by atoms with Crippen molar-refractivity contribution in [3.8, 4) is 0 Å². The van der Waals surface area contributed by atoms with Gasteiger partial charge in [0.15, 0.2) is 0 Å². The first-order chi connectivity index (χ1) is 8.95. The van der Waals surface area contributed by atoms with E-state index in [2.05, 4.69) is 4.98 Å². The van der Waals surface area contributed by atoms with Crippen LogP contribution in [0.4, 0.5) is 8.78 Å². The van der Waals surface area contributed by atoms with Gasteiger partial charge in [-0.1, -0.05) is 0 Å². The van der Waals surface area contributed by atoms with Crippen molar-refractivity contribution in [2.24, 2.45) is 0 Å². The van der Waals surface area contributed by atoms with E-state index >= 15 is 0 Å². The van der Waals surface area contributed by atoms with Gasteiger partial charge in [0.2, 0.25) is 0 Å². The molecule has 0 spiro atoms. The Labute approximate surface area is 106 Å². The molecular weight excluding hydrogens is 256 g/mol. The van der Waals surface area contributed by atoms with Gasteiger partial charge in [-0.05, 0) is 29.8 Å². The highest BCUT2D eigenvalue weighted by atomic mass is 19.1. The zero-order valence-electron chi connectivity index (χ0n) is 9.61. The standard InChI is InChI=1S/C13H9F2NO3/c14-8-3-7(4-9(15)6-8)5-10-1-2-11(13(18)19)12(17)16-10/h1-4,6H,5H2,(H,16,17)(H,18,19). The number of aromatic amines is 1. The van der Waals surface area contributed by atoms with E-state index in [9.17, 15) is 18.4 Å². The molecule has 19 heavy (non-hydrogen) atoms. The van der Waals surface area contributed by atoms with Crippen molar-refractivity contribution in [1.29, 1.82) is 0 Å². The van der Waals surface area contributed by atoms with Crippen LogP contribution in [0.25, 0.3) is 0 Å². The lowest BCUT2D eigenvalue weighted by atomic mass is 10.1. The second-order valence-electron chi connectivity index (χ2n) is 3.99. The van der Waals surface area contributed by atoms with Crippen LogP contribution in [-0.2, 0) is 6.42 Å². The molecule has 2 N–H and O–H groups in total. The summed E-state index contributed by atoms with van der Waals surface area (Å²) in [5.41, 5.74) is -0.410. The number of carboxylic acid groups (broad SMARTS) is 1. The number of halogens is 2. The van der Waals surface area contributed by atoms with Gasteiger partial charge in [-0.25, -0.2) is 13.6 Å². The SMILES string of the molecule is O=C(O)c1ccc(Cc2cc(F)cc(F)c2)[nH]c1=O. The van der Waals surface area contributed by atoms with Crippen molar-refractivity contribution >= 4 is 5.97 Å². The number of hydrogen-bond donors (Lipinski definition) is 2. The molecule has 98 valence electrons. The van der Waals surface area contributed by atoms with Gasteiger partial charge in [0.25, 0.3) is 5.56 Å². The largest absolute Gasteiger partial charge is 0.477 e. The molecule has 0 saturated heterocycles. The van der Waals surface area contributed by atoms with Gasteiger partial charge in [-0.2, -0.15) is 0 Å². The van der Waals surface area contributed by atoms with Gasteiger partial charge in [0.1, 0.15) is 17.2 Å². The minimum Gasteiger partial charge on any atom is -0.477 e. The molecule has 0 saturated carbocycles. The maximum absolute atomic E-state index is 13.0. The number of benzene rings is 1. The Kier molecular flexibility index (Phi) is 3.41. The van der Waals surface area contributed by atoms with Crippen molar-refractivity contribution in [2.75, 3.05) is 0 Å². The van der Waals surface area contributed by atoms with E-state index in [1.54, 1.807) is 0 Å². The smallest absolute Gasteiger partial charge is 0.341 e. The maximum Gasteiger partial charge on any atom is 0.341 e. The van der Waals surface area contributed by atoms with E-state index in [1.807, 2.05) is 0 Å². The number of rotatable bonds is 3. The number of aromatic nitrogens is 1. The third kappa shape index (κ3) is 3.04. The summed E-state index contributed by atoms with van der Waals surface area (Å²) >= 11 is 0. The summed E-state index contributed by atoms with van der Waals surface area (Å²) in [6.45, 7) is 0. The van der Waals surface area contributed by atoms with Crippen LogP contribution in [0.3, 0.4) is 0 Å². The predicted molar refractivity (Wildman–Crippen MR) is 63.2 cm³/mol. The van der Waals surface area contributed by atoms with E-state index in [-0.39, 0.29) is 12.0 Å². The van der Waals surface area contributed by atoms with Gasteiger partial charge >= 0.3 is 5.97 Å². The van der Waals surface area contributed by atoms with Crippen LogP contribution in [0.15, 0.2) is 35.1 Å². The second kappa shape index (κ2) is 5.01. The molecule has 0 fully saturated rings. The zero-order chi connectivity index (χ0) is 14.0. The molecule has 0 unspecified atom stereocenters. The van der Waals surface area contributed by atoms with Crippen molar-refractivity contribution in [3.05, 3.63) is 69.1 Å². The fraction of sp³-hybridized carbons (Fsp3) is 0.0769. The topological polar surface area (TPSA) is 70.2 Å². The van der Waals surface area contributed by atoms with E-state index in [4.69, 9.17) is 5.11 Å².